The Hall–Kier alpha value is -1.38. The molecule has 0 aromatic rings. The quantitative estimate of drug-likeness (QED) is 0.384. The molecular weight excluding hydrogens is 192 g/mol. The Balaban J connectivity index is 3.81. The summed E-state index contributed by atoms with van der Waals surface area (Å²) in [7, 11) is 0. The molecule has 0 amide bonds. The van der Waals surface area contributed by atoms with Gasteiger partial charge in [-0.05, 0) is 12.8 Å². The first-order chi connectivity index (χ1) is 7.20. The first kappa shape index (κ1) is 13.6. The number of carbonyl (C=O) groups is 2. The second-order valence-corrected chi connectivity index (χ2v) is 3.12. The van der Waals surface area contributed by atoms with Crippen LogP contribution in [0.4, 0.5) is 0 Å². The van der Waals surface area contributed by atoms with Gasteiger partial charge >= 0.3 is 11.9 Å². The SMILES string of the molecule is CCCC=CC(=O)OC(=O)/C=C/CCC. The number of esters is 2. The molecule has 0 aromatic carbocycles. The Morgan fingerprint density at radius 2 is 1.33 bits per heavy atom. The molecule has 0 aliphatic rings. The van der Waals surface area contributed by atoms with Gasteiger partial charge < -0.3 is 4.74 Å². The molecule has 3 nitrogen and oxygen atoms in total. The highest BCUT2D eigenvalue weighted by Gasteiger charge is 2.02. The predicted molar refractivity (Wildman–Crippen MR) is 59.2 cm³/mol. The van der Waals surface area contributed by atoms with Crippen molar-refractivity contribution in [1.29, 1.82) is 0 Å². The van der Waals surface area contributed by atoms with E-state index in [-0.39, 0.29) is 0 Å². The summed E-state index contributed by atoms with van der Waals surface area (Å²) in [4.78, 5) is 22.0. The summed E-state index contributed by atoms with van der Waals surface area (Å²) in [5.41, 5.74) is 0. The van der Waals surface area contributed by atoms with E-state index in [0.29, 0.717) is 0 Å². The summed E-state index contributed by atoms with van der Waals surface area (Å²) in [6.07, 6.45) is 9.53. The van der Waals surface area contributed by atoms with E-state index in [4.69, 9.17) is 0 Å². The lowest BCUT2D eigenvalue weighted by Crippen LogP contribution is -2.06. The molecule has 0 N–H and O–H groups in total. The summed E-state index contributed by atoms with van der Waals surface area (Å²) in [6.45, 7) is 4.02. The van der Waals surface area contributed by atoms with Crippen LogP contribution in [0.25, 0.3) is 0 Å². The third-order valence-corrected chi connectivity index (χ3v) is 1.62. The average molecular weight is 210 g/mol. The lowest BCUT2D eigenvalue weighted by molar-refractivity contribution is -0.152. The average Bonchev–Trinajstić information content (AvgIpc) is 2.18. The molecule has 0 fully saturated rings. The largest absolute Gasteiger partial charge is 0.387 e. The fourth-order valence-electron chi connectivity index (χ4n) is 0.860. The van der Waals surface area contributed by atoms with Gasteiger partial charge in [0.1, 0.15) is 0 Å². The summed E-state index contributed by atoms with van der Waals surface area (Å²) < 4.78 is 4.49. The molecule has 0 radical (unpaired) electrons. The number of rotatable bonds is 6. The molecule has 0 heterocycles. The van der Waals surface area contributed by atoms with Gasteiger partial charge in [-0.3, -0.25) is 0 Å². The van der Waals surface area contributed by atoms with E-state index in [0.717, 1.165) is 25.7 Å². The maximum Gasteiger partial charge on any atom is 0.338 e. The van der Waals surface area contributed by atoms with Gasteiger partial charge in [0.05, 0.1) is 0 Å². The van der Waals surface area contributed by atoms with Crippen LogP contribution in [0.3, 0.4) is 0 Å². The van der Waals surface area contributed by atoms with Crippen LogP contribution >= 0.6 is 0 Å². The summed E-state index contributed by atoms with van der Waals surface area (Å²) in [5.74, 6) is -1.20. The number of carbonyl (C=O) groups excluding carboxylic acids is 2. The molecule has 0 bridgehead atoms. The summed E-state index contributed by atoms with van der Waals surface area (Å²) >= 11 is 0. The van der Waals surface area contributed by atoms with Gasteiger partial charge in [-0.25, -0.2) is 9.59 Å². The van der Waals surface area contributed by atoms with Gasteiger partial charge in [0, 0.05) is 12.2 Å². The smallest absolute Gasteiger partial charge is 0.338 e. The fraction of sp³-hybridized carbons (Fsp3) is 0.500. The van der Waals surface area contributed by atoms with Crippen LogP contribution < -0.4 is 0 Å². The Morgan fingerprint density at radius 3 is 1.67 bits per heavy atom. The Morgan fingerprint density at radius 1 is 0.933 bits per heavy atom. The zero-order chi connectivity index (χ0) is 11.5. The lowest BCUT2D eigenvalue weighted by Gasteiger charge is -1.93. The predicted octanol–water partition coefficient (Wildman–Crippen LogP) is 2.77. The molecule has 3 heteroatoms. The third-order valence-electron chi connectivity index (χ3n) is 1.62. The van der Waals surface area contributed by atoms with Gasteiger partial charge in [0.2, 0.25) is 0 Å². The van der Waals surface area contributed by atoms with Gasteiger partial charge in [-0.2, -0.15) is 0 Å². The molecule has 0 aromatic heterocycles. The Bertz CT molecular complexity index is 226. The van der Waals surface area contributed by atoms with Gasteiger partial charge in [-0.15, -0.1) is 0 Å². The Kier molecular flexibility index (Phi) is 8.34. The van der Waals surface area contributed by atoms with Crippen molar-refractivity contribution in [1.82, 2.24) is 0 Å². The number of hydrogen-bond acceptors (Lipinski definition) is 3. The first-order valence-corrected chi connectivity index (χ1v) is 5.29. The van der Waals surface area contributed by atoms with E-state index in [2.05, 4.69) is 4.74 Å². The van der Waals surface area contributed by atoms with Crippen LogP contribution in [-0.2, 0) is 14.3 Å². The molecule has 0 atom stereocenters. The number of ether oxygens (including phenoxy) is 1. The molecule has 0 aliphatic carbocycles. The highest BCUT2D eigenvalue weighted by Crippen LogP contribution is 1.93. The highest BCUT2D eigenvalue weighted by molar-refractivity contribution is 5.96. The van der Waals surface area contributed by atoms with E-state index in [1.807, 2.05) is 13.8 Å². The van der Waals surface area contributed by atoms with E-state index in [1.54, 1.807) is 12.2 Å². The third kappa shape index (κ3) is 8.94. The molecule has 0 spiro atoms. The van der Waals surface area contributed by atoms with Crippen LogP contribution in [-0.4, -0.2) is 11.9 Å². The second kappa shape index (κ2) is 9.19. The van der Waals surface area contributed by atoms with Crippen LogP contribution in [0.5, 0.6) is 0 Å². The van der Waals surface area contributed by atoms with Crippen molar-refractivity contribution in [3.8, 4) is 0 Å². The van der Waals surface area contributed by atoms with Crippen LogP contribution in [0, 0.1) is 0 Å². The zero-order valence-electron chi connectivity index (χ0n) is 9.36. The standard InChI is InChI=1S/C12H18O3/c1-3-5-7-9-11(13)15-12(14)10-8-6-4-2/h7-10H,3-6H2,1-2H3/b9-7+,10-8?. The topological polar surface area (TPSA) is 43.4 Å². The van der Waals surface area contributed by atoms with E-state index >= 15 is 0 Å². The van der Waals surface area contributed by atoms with Crippen molar-refractivity contribution in [3.63, 3.8) is 0 Å². The summed E-state index contributed by atoms with van der Waals surface area (Å²) in [6, 6.07) is 0. The molecule has 0 unspecified atom stereocenters. The van der Waals surface area contributed by atoms with E-state index in [9.17, 15) is 9.59 Å². The monoisotopic (exact) mass is 210 g/mol. The zero-order valence-corrected chi connectivity index (χ0v) is 9.36. The van der Waals surface area contributed by atoms with Crippen molar-refractivity contribution in [3.05, 3.63) is 24.3 Å². The highest BCUT2D eigenvalue weighted by atomic mass is 16.6. The minimum atomic E-state index is -0.602. The summed E-state index contributed by atoms with van der Waals surface area (Å²) in [5, 5.41) is 0. The van der Waals surface area contributed by atoms with Crippen LogP contribution in [0.1, 0.15) is 39.5 Å². The van der Waals surface area contributed by atoms with Crippen LogP contribution in [0.2, 0.25) is 0 Å². The molecule has 0 aliphatic heterocycles. The van der Waals surface area contributed by atoms with Crippen molar-refractivity contribution < 1.29 is 14.3 Å². The molecule has 0 rings (SSSR count). The lowest BCUT2D eigenvalue weighted by atomic mass is 10.3. The molecule has 15 heavy (non-hydrogen) atoms. The van der Waals surface area contributed by atoms with Crippen LogP contribution in [0.15, 0.2) is 24.3 Å². The normalized spacial score (nSPS) is 11.1. The van der Waals surface area contributed by atoms with E-state index in [1.165, 1.54) is 12.2 Å². The molecular formula is C12H18O3. The minimum absolute atomic E-state index is 0.602. The molecule has 0 saturated carbocycles. The van der Waals surface area contributed by atoms with Gasteiger partial charge in [0.15, 0.2) is 0 Å². The van der Waals surface area contributed by atoms with Gasteiger partial charge in [-0.1, -0.05) is 38.8 Å². The van der Waals surface area contributed by atoms with Crippen molar-refractivity contribution in [2.45, 2.75) is 39.5 Å². The second-order valence-electron chi connectivity index (χ2n) is 3.12. The number of hydrogen-bond donors (Lipinski definition) is 0. The Labute approximate surface area is 90.8 Å². The fourth-order valence-corrected chi connectivity index (χ4v) is 0.860. The van der Waals surface area contributed by atoms with Crippen molar-refractivity contribution in [2.24, 2.45) is 0 Å². The maximum atomic E-state index is 11.0. The first-order valence-electron chi connectivity index (χ1n) is 5.29. The molecule has 84 valence electrons. The van der Waals surface area contributed by atoms with Gasteiger partial charge in [0.25, 0.3) is 0 Å². The number of allylic oxidation sites excluding steroid dienone is 2. The maximum absolute atomic E-state index is 11.0. The molecule has 0 saturated heterocycles. The number of unbranched alkanes of at least 4 members (excludes halogenated alkanes) is 2. The van der Waals surface area contributed by atoms with Crippen molar-refractivity contribution >= 4 is 11.9 Å². The van der Waals surface area contributed by atoms with E-state index < -0.39 is 11.9 Å². The minimum Gasteiger partial charge on any atom is -0.387 e. The van der Waals surface area contributed by atoms with Crippen molar-refractivity contribution in [2.75, 3.05) is 0 Å².